The summed E-state index contributed by atoms with van der Waals surface area (Å²) in [6.45, 7) is 5.68. The van der Waals surface area contributed by atoms with Crippen molar-refractivity contribution in [3.8, 4) is 0 Å². The third-order valence-electron chi connectivity index (χ3n) is 4.87. The lowest BCUT2D eigenvalue weighted by Crippen LogP contribution is -2.45. The first-order valence-corrected chi connectivity index (χ1v) is 10.6. The normalized spacial score (nSPS) is 17.3. The van der Waals surface area contributed by atoms with Crippen LogP contribution in [0.15, 0.2) is 29.6 Å². The second-order valence-corrected chi connectivity index (χ2v) is 7.95. The average Bonchev–Trinajstić information content (AvgIpc) is 3.11. The van der Waals surface area contributed by atoms with E-state index in [1.807, 2.05) is 43.5 Å². The predicted molar refractivity (Wildman–Crippen MR) is 110 cm³/mol. The van der Waals surface area contributed by atoms with Crippen molar-refractivity contribution < 1.29 is 14.3 Å². The van der Waals surface area contributed by atoms with Gasteiger partial charge in [0.05, 0.1) is 18.7 Å². The summed E-state index contributed by atoms with van der Waals surface area (Å²) in [6, 6.07) is 7.52. The molecule has 28 heavy (non-hydrogen) atoms. The van der Waals surface area contributed by atoms with Gasteiger partial charge in [0.1, 0.15) is 11.0 Å². The Hall–Kier alpha value is -2.25. The standard InChI is InChI=1S/C21H27N3O3S/c1-3-27-21(26)18-10-6-7-11-24(18)13-16-14-28-20(22-16)12-19(25)23-17-9-5-4-8-15(17)2/h4-5,8-9,14,18H,3,6-7,10-13H2,1-2H3,(H,23,25). The average molecular weight is 402 g/mol. The Balaban J connectivity index is 1.58. The number of ether oxygens (including phenoxy) is 1. The molecule has 0 aliphatic carbocycles. The summed E-state index contributed by atoms with van der Waals surface area (Å²) in [5.74, 6) is -0.215. The Kier molecular flexibility index (Phi) is 7.17. The SMILES string of the molecule is CCOC(=O)C1CCCCN1Cc1csc(CC(=O)Nc2ccccc2C)n1. The number of piperidine rings is 1. The number of aromatic nitrogens is 1. The van der Waals surface area contributed by atoms with Crippen LogP contribution in [0.2, 0.25) is 0 Å². The van der Waals surface area contributed by atoms with E-state index < -0.39 is 0 Å². The molecule has 1 fully saturated rings. The second-order valence-electron chi connectivity index (χ2n) is 7.01. The number of carbonyl (C=O) groups excluding carboxylic acids is 2. The van der Waals surface area contributed by atoms with Crippen molar-refractivity contribution in [3.05, 3.63) is 45.9 Å². The maximum atomic E-state index is 12.3. The van der Waals surface area contributed by atoms with Crippen LogP contribution in [-0.2, 0) is 27.3 Å². The minimum atomic E-state index is -0.191. The highest BCUT2D eigenvalue weighted by Crippen LogP contribution is 2.22. The van der Waals surface area contributed by atoms with Gasteiger partial charge in [-0.05, 0) is 44.9 Å². The number of esters is 1. The van der Waals surface area contributed by atoms with Crippen molar-refractivity contribution in [1.82, 2.24) is 9.88 Å². The van der Waals surface area contributed by atoms with E-state index in [4.69, 9.17) is 4.74 Å². The highest BCUT2D eigenvalue weighted by molar-refractivity contribution is 7.09. The minimum absolute atomic E-state index is 0.0717. The molecule has 1 atom stereocenters. The summed E-state index contributed by atoms with van der Waals surface area (Å²) in [6.07, 6.45) is 3.20. The number of hydrogen-bond donors (Lipinski definition) is 1. The highest BCUT2D eigenvalue weighted by atomic mass is 32.1. The Labute approximate surface area is 169 Å². The number of amides is 1. The fourth-order valence-electron chi connectivity index (χ4n) is 3.44. The fraction of sp³-hybridized carbons (Fsp3) is 0.476. The summed E-state index contributed by atoms with van der Waals surface area (Å²) in [5, 5.41) is 5.70. The van der Waals surface area contributed by atoms with Gasteiger partial charge in [0.25, 0.3) is 0 Å². The molecule has 1 unspecified atom stereocenters. The van der Waals surface area contributed by atoms with Gasteiger partial charge in [-0.3, -0.25) is 14.5 Å². The van der Waals surface area contributed by atoms with Gasteiger partial charge in [0.2, 0.25) is 5.91 Å². The third kappa shape index (κ3) is 5.39. The van der Waals surface area contributed by atoms with Gasteiger partial charge < -0.3 is 10.1 Å². The number of thiazole rings is 1. The molecule has 2 heterocycles. The molecule has 1 N–H and O–H groups in total. The number of anilines is 1. The van der Waals surface area contributed by atoms with Crippen LogP contribution in [0.5, 0.6) is 0 Å². The molecule has 1 aliphatic rings. The molecule has 1 aromatic carbocycles. The van der Waals surface area contributed by atoms with Gasteiger partial charge in [0, 0.05) is 17.6 Å². The Morgan fingerprint density at radius 2 is 2.14 bits per heavy atom. The number of rotatable bonds is 7. The first-order chi connectivity index (χ1) is 13.6. The molecule has 7 heteroatoms. The van der Waals surface area contributed by atoms with E-state index in [9.17, 15) is 9.59 Å². The van der Waals surface area contributed by atoms with E-state index in [0.29, 0.717) is 13.2 Å². The zero-order valence-corrected chi connectivity index (χ0v) is 17.3. The molecule has 1 saturated heterocycles. The van der Waals surface area contributed by atoms with E-state index in [0.717, 1.165) is 47.8 Å². The Morgan fingerprint density at radius 3 is 2.93 bits per heavy atom. The van der Waals surface area contributed by atoms with Crippen LogP contribution in [0, 0.1) is 6.92 Å². The van der Waals surface area contributed by atoms with Crippen molar-refractivity contribution in [3.63, 3.8) is 0 Å². The number of carbonyl (C=O) groups is 2. The second kappa shape index (κ2) is 9.80. The predicted octanol–water partition coefficient (Wildman–Crippen LogP) is 3.55. The number of benzene rings is 1. The molecule has 0 bridgehead atoms. The van der Waals surface area contributed by atoms with Gasteiger partial charge >= 0.3 is 5.97 Å². The van der Waals surface area contributed by atoms with Crippen molar-refractivity contribution in [2.75, 3.05) is 18.5 Å². The van der Waals surface area contributed by atoms with Crippen LogP contribution in [0.4, 0.5) is 5.69 Å². The first kappa shape index (κ1) is 20.5. The Morgan fingerprint density at radius 1 is 1.32 bits per heavy atom. The number of likely N-dealkylation sites (tertiary alicyclic amines) is 1. The van der Waals surface area contributed by atoms with Crippen LogP contribution < -0.4 is 5.32 Å². The van der Waals surface area contributed by atoms with Gasteiger partial charge in [-0.2, -0.15) is 0 Å². The molecule has 2 aromatic rings. The van der Waals surface area contributed by atoms with E-state index in [-0.39, 0.29) is 24.3 Å². The number of para-hydroxylation sites is 1. The molecule has 1 aliphatic heterocycles. The molecule has 0 spiro atoms. The lowest BCUT2D eigenvalue weighted by Gasteiger charge is -2.33. The molecule has 1 aromatic heterocycles. The zero-order chi connectivity index (χ0) is 19.9. The molecule has 6 nitrogen and oxygen atoms in total. The fourth-order valence-corrected chi connectivity index (χ4v) is 4.23. The van der Waals surface area contributed by atoms with E-state index in [1.54, 1.807) is 0 Å². The van der Waals surface area contributed by atoms with Gasteiger partial charge in [-0.25, -0.2) is 4.98 Å². The highest BCUT2D eigenvalue weighted by Gasteiger charge is 2.30. The molecule has 1 amide bonds. The van der Waals surface area contributed by atoms with Crippen LogP contribution in [0.25, 0.3) is 0 Å². The summed E-state index contributed by atoms with van der Waals surface area (Å²) < 4.78 is 5.22. The van der Waals surface area contributed by atoms with E-state index in [1.165, 1.54) is 11.3 Å². The number of aryl methyl sites for hydroxylation is 1. The minimum Gasteiger partial charge on any atom is -0.465 e. The number of nitrogens with one attached hydrogen (secondary N) is 1. The molecule has 3 rings (SSSR count). The quantitative estimate of drug-likeness (QED) is 0.719. The zero-order valence-electron chi connectivity index (χ0n) is 16.4. The smallest absolute Gasteiger partial charge is 0.323 e. The lowest BCUT2D eigenvalue weighted by molar-refractivity contribution is -0.151. The molecule has 0 saturated carbocycles. The third-order valence-corrected chi connectivity index (χ3v) is 5.77. The molecular formula is C21H27N3O3S. The molecule has 150 valence electrons. The Bertz CT molecular complexity index is 821. The van der Waals surface area contributed by atoms with Crippen molar-refractivity contribution in [1.29, 1.82) is 0 Å². The van der Waals surface area contributed by atoms with Gasteiger partial charge in [0.15, 0.2) is 0 Å². The summed E-state index contributed by atoms with van der Waals surface area (Å²) in [4.78, 5) is 31.3. The number of hydrogen-bond acceptors (Lipinski definition) is 6. The van der Waals surface area contributed by atoms with Gasteiger partial charge in [-0.15, -0.1) is 11.3 Å². The monoisotopic (exact) mass is 401 g/mol. The van der Waals surface area contributed by atoms with E-state index in [2.05, 4.69) is 15.2 Å². The topological polar surface area (TPSA) is 71.5 Å². The largest absolute Gasteiger partial charge is 0.465 e. The van der Waals surface area contributed by atoms with Crippen LogP contribution in [0.1, 0.15) is 42.5 Å². The maximum Gasteiger partial charge on any atom is 0.323 e. The molecule has 0 radical (unpaired) electrons. The van der Waals surface area contributed by atoms with E-state index >= 15 is 0 Å². The van der Waals surface area contributed by atoms with Crippen LogP contribution in [0.3, 0.4) is 0 Å². The summed E-state index contributed by atoms with van der Waals surface area (Å²) >= 11 is 1.49. The summed E-state index contributed by atoms with van der Waals surface area (Å²) in [5.41, 5.74) is 2.76. The lowest BCUT2D eigenvalue weighted by atomic mass is 10.0. The summed E-state index contributed by atoms with van der Waals surface area (Å²) in [7, 11) is 0. The van der Waals surface area contributed by atoms with Gasteiger partial charge in [-0.1, -0.05) is 24.6 Å². The first-order valence-electron chi connectivity index (χ1n) is 9.76. The van der Waals surface area contributed by atoms with Crippen LogP contribution >= 0.6 is 11.3 Å². The van der Waals surface area contributed by atoms with Crippen molar-refractivity contribution in [2.24, 2.45) is 0 Å². The van der Waals surface area contributed by atoms with Crippen molar-refractivity contribution >= 4 is 28.9 Å². The number of nitrogens with zero attached hydrogens (tertiary/aromatic N) is 2. The molecular weight excluding hydrogens is 374 g/mol. The van der Waals surface area contributed by atoms with Crippen molar-refractivity contribution in [2.45, 2.75) is 52.1 Å². The maximum absolute atomic E-state index is 12.3. The van der Waals surface area contributed by atoms with Crippen LogP contribution in [-0.4, -0.2) is 41.0 Å².